The van der Waals surface area contributed by atoms with E-state index >= 15 is 0 Å². The lowest BCUT2D eigenvalue weighted by molar-refractivity contribution is 0.410. The van der Waals surface area contributed by atoms with E-state index in [0.717, 1.165) is 27.1 Å². The van der Waals surface area contributed by atoms with Crippen molar-refractivity contribution >= 4 is 33.6 Å². The molecule has 0 amide bonds. The topological polar surface area (TPSA) is 50.8 Å². The molecule has 25 heavy (non-hydrogen) atoms. The van der Waals surface area contributed by atoms with Crippen LogP contribution in [0.5, 0.6) is 5.75 Å². The molecule has 4 nitrogen and oxygen atoms in total. The molecule has 0 fully saturated rings. The third kappa shape index (κ3) is 5.42. The summed E-state index contributed by atoms with van der Waals surface area (Å²) in [6, 6.07) is 14.2. The Morgan fingerprint density at radius 3 is 2.64 bits per heavy atom. The molecule has 2 rings (SSSR count). The lowest BCUT2D eigenvalue weighted by Gasteiger charge is -2.18. The molecule has 0 spiro atoms. The van der Waals surface area contributed by atoms with Crippen LogP contribution in [0.15, 0.2) is 47.5 Å². The van der Waals surface area contributed by atoms with Crippen molar-refractivity contribution in [2.24, 2.45) is 10.8 Å². The first kappa shape index (κ1) is 19.7. The highest BCUT2D eigenvalue weighted by Gasteiger charge is 2.10. The molecule has 0 heterocycles. The summed E-state index contributed by atoms with van der Waals surface area (Å²) < 4.78 is 6.45. The van der Waals surface area contributed by atoms with Crippen molar-refractivity contribution < 1.29 is 4.74 Å². The third-order valence-corrected chi connectivity index (χ3v) is 5.99. The third-order valence-electron chi connectivity index (χ3n) is 3.85. The van der Waals surface area contributed by atoms with Gasteiger partial charge in [0.1, 0.15) is 10.1 Å². The van der Waals surface area contributed by atoms with Gasteiger partial charge in [0.05, 0.1) is 19.3 Å². The molecule has 0 aliphatic heterocycles. The molecule has 134 valence electrons. The molecule has 0 unspecified atom stereocenters. The zero-order chi connectivity index (χ0) is 18.2. The monoisotopic (exact) mass is 375 g/mol. The highest BCUT2D eigenvalue weighted by molar-refractivity contribution is 8.38. The maximum atomic E-state index is 5.96. The number of hydrogen-bond acceptors (Lipinski definition) is 6. The van der Waals surface area contributed by atoms with Crippen LogP contribution in [-0.2, 0) is 12.3 Å². The summed E-state index contributed by atoms with van der Waals surface area (Å²) in [6.07, 6.45) is 2.06. The molecule has 2 aromatic rings. The maximum absolute atomic E-state index is 5.96. The number of aliphatic imine (C=N–C) groups is 1. The van der Waals surface area contributed by atoms with E-state index in [2.05, 4.69) is 19.2 Å². The minimum absolute atomic E-state index is 0.616. The molecule has 0 atom stereocenters. The molecule has 0 saturated carbocycles. The minimum atomic E-state index is 0.616. The van der Waals surface area contributed by atoms with Crippen LogP contribution < -0.4 is 15.6 Å². The number of nitrogens with two attached hydrogens (primary N) is 1. The summed E-state index contributed by atoms with van der Waals surface area (Å²) in [7, 11) is 3.56. The van der Waals surface area contributed by atoms with Gasteiger partial charge in [-0.05, 0) is 36.4 Å². The van der Waals surface area contributed by atoms with Crippen molar-refractivity contribution in [3.8, 4) is 5.75 Å². The molecule has 6 heteroatoms. The lowest BCUT2D eigenvalue weighted by atomic mass is 10.1. The van der Waals surface area contributed by atoms with Gasteiger partial charge < -0.3 is 9.75 Å². The Bertz CT molecular complexity index is 732. The Labute approximate surface area is 158 Å². The Kier molecular flexibility index (Phi) is 7.68. The zero-order valence-corrected chi connectivity index (χ0v) is 16.8. The van der Waals surface area contributed by atoms with E-state index in [1.807, 2.05) is 43.4 Å². The van der Waals surface area contributed by atoms with Crippen LogP contribution in [0.4, 0.5) is 5.69 Å². The molecule has 0 aliphatic carbocycles. The Balaban J connectivity index is 2.10. The number of methoxy groups -OCH3 is 1. The summed E-state index contributed by atoms with van der Waals surface area (Å²) in [4.78, 5) is 4.76. The van der Waals surface area contributed by atoms with E-state index in [4.69, 9.17) is 15.6 Å². The quantitative estimate of drug-likeness (QED) is 0.349. The molecular formula is C19H25N3OS2. The molecule has 0 bridgehead atoms. The number of hydrogen-bond donors (Lipinski definition) is 1. The SMILES string of the molecule is COc1ccccc1CN=C(SC)SCc1c(C)cccc1N(C)N. The van der Waals surface area contributed by atoms with Crippen molar-refractivity contribution in [2.75, 3.05) is 25.4 Å². The van der Waals surface area contributed by atoms with Crippen molar-refractivity contribution in [3.63, 3.8) is 0 Å². The normalized spacial score (nSPS) is 11.5. The highest BCUT2D eigenvalue weighted by atomic mass is 32.2. The van der Waals surface area contributed by atoms with E-state index in [1.54, 1.807) is 35.6 Å². The number of para-hydroxylation sites is 1. The Hall–Kier alpha value is -1.63. The fourth-order valence-corrected chi connectivity index (χ4v) is 4.13. The van der Waals surface area contributed by atoms with Crippen LogP contribution in [0.25, 0.3) is 0 Å². The van der Waals surface area contributed by atoms with Gasteiger partial charge in [-0.15, -0.1) is 11.8 Å². The number of nitrogens with zero attached hydrogens (tertiary/aromatic N) is 2. The molecule has 0 aliphatic rings. The molecule has 0 aromatic heterocycles. The van der Waals surface area contributed by atoms with E-state index in [-0.39, 0.29) is 0 Å². The van der Waals surface area contributed by atoms with Gasteiger partial charge in [-0.1, -0.05) is 42.1 Å². The van der Waals surface area contributed by atoms with Crippen LogP contribution in [0, 0.1) is 6.92 Å². The van der Waals surface area contributed by atoms with Crippen LogP contribution >= 0.6 is 23.5 Å². The van der Waals surface area contributed by atoms with Crippen molar-refractivity contribution in [1.29, 1.82) is 0 Å². The number of anilines is 1. The van der Waals surface area contributed by atoms with E-state index in [1.165, 1.54) is 11.1 Å². The smallest absolute Gasteiger partial charge is 0.124 e. The van der Waals surface area contributed by atoms with Gasteiger partial charge in [-0.25, -0.2) is 5.84 Å². The number of thioether (sulfide) groups is 2. The van der Waals surface area contributed by atoms with Crippen LogP contribution in [0.2, 0.25) is 0 Å². The van der Waals surface area contributed by atoms with Crippen molar-refractivity contribution in [2.45, 2.75) is 19.2 Å². The van der Waals surface area contributed by atoms with E-state index in [9.17, 15) is 0 Å². The minimum Gasteiger partial charge on any atom is -0.496 e. The molecule has 0 saturated heterocycles. The van der Waals surface area contributed by atoms with Crippen LogP contribution in [0.3, 0.4) is 0 Å². The fraction of sp³-hybridized carbons (Fsp3) is 0.316. The van der Waals surface area contributed by atoms with Crippen LogP contribution in [-0.4, -0.2) is 24.8 Å². The molecule has 2 aromatic carbocycles. The number of aryl methyl sites for hydroxylation is 1. The summed E-state index contributed by atoms with van der Waals surface area (Å²) in [5.74, 6) is 7.68. The highest BCUT2D eigenvalue weighted by Crippen LogP contribution is 2.29. The Morgan fingerprint density at radius 1 is 1.20 bits per heavy atom. The molecule has 2 N–H and O–H groups in total. The molecule has 0 radical (unpaired) electrons. The van der Waals surface area contributed by atoms with E-state index in [0.29, 0.717) is 6.54 Å². The number of hydrazine groups is 1. The standard InChI is InChI=1S/C19H25N3OS2/c1-14-8-7-10-17(22(2)20)16(14)13-25-19(24-4)21-12-15-9-5-6-11-18(15)23-3/h5-11H,12-13,20H2,1-4H3. The van der Waals surface area contributed by atoms with Gasteiger partial charge in [0.15, 0.2) is 0 Å². The van der Waals surface area contributed by atoms with Gasteiger partial charge in [-0.3, -0.25) is 4.99 Å². The van der Waals surface area contributed by atoms with Gasteiger partial charge in [0.25, 0.3) is 0 Å². The summed E-state index contributed by atoms with van der Waals surface area (Å²) in [6.45, 7) is 2.73. The first-order valence-corrected chi connectivity index (χ1v) is 10.2. The Morgan fingerprint density at radius 2 is 1.96 bits per heavy atom. The second-order valence-electron chi connectivity index (χ2n) is 5.57. The second-order valence-corrected chi connectivity index (χ2v) is 7.59. The number of benzene rings is 2. The van der Waals surface area contributed by atoms with Gasteiger partial charge >= 0.3 is 0 Å². The first-order valence-electron chi connectivity index (χ1n) is 7.96. The first-order chi connectivity index (χ1) is 12.1. The summed E-state index contributed by atoms with van der Waals surface area (Å²) >= 11 is 3.41. The molecular weight excluding hydrogens is 350 g/mol. The van der Waals surface area contributed by atoms with Crippen molar-refractivity contribution in [3.05, 3.63) is 59.2 Å². The van der Waals surface area contributed by atoms with E-state index < -0.39 is 0 Å². The zero-order valence-electron chi connectivity index (χ0n) is 15.2. The lowest BCUT2D eigenvalue weighted by Crippen LogP contribution is -2.26. The summed E-state index contributed by atoms with van der Waals surface area (Å²) in [5.41, 5.74) is 4.64. The van der Waals surface area contributed by atoms with Crippen LogP contribution in [0.1, 0.15) is 16.7 Å². The maximum Gasteiger partial charge on any atom is 0.124 e. The van der Waals surface area contributed by atoms with Gasteiger partial charge in [0.2, 0.25) is 0 Å². The predicted molar refractivity (Wildman–Crippen MR) is 113 cm³/mol. The second kappa shape index (κ2) is 9.75. The van der Waals surface area contributed by atoms with Gasteiger partial charge in [0, 0.05) is 18.4 Å². The average molecular weight is 376 g/mol. The average Bonchev–Trinajstić information content (AvgIpc) is 2.62. The number of ether oxygens (including phenoxy) is 1. The van der Waals surface area contributed by atoms with Crippen molar-refractivity contribution in [1.82, 2.24) is 0 Å². The fourth-order valence-electron chi connectivity index (χ4n) is 2.49. The predicted octanol–water partition coefficient (Wildman–Crippen LogP) is 4.47. The largest absolute Gasteiger partial charge is 0.496 e. The number of rotatable bonds is 6. The summed E-state index contributed by atoms with van der Waals surface area (Å²) in [5, 5.41) is 1.67. The van der Waals surface area contributed by atoms with Gasteiger partial charge in [-0.2, -0.15) is 0 Å².